The highest BCUT2D eigenvalue weighted by Gasteiger charge is 2.10. The zero-order valence-corrected chi connectivity index (χ0v) is 12.6. The molecule has 0 radical (unpaired) electrons. The summed E-state index contributed by atoms with van der Waals surface area (Å²) < 4.78 is 14.4. The fourth-order valence-corrected chi connectivity index (χ4v) is 1.72. The fraction of sp³-hybridized carbons (Fsp3) is 0.118. The lowest BCUT2D eigenvalue weighted by atomic mass is 10.1. The summed E-state index contributed by atoms with van der Waals surface area (Å²) in [6.45, 7) is 1.46. The summed E-state index contributed by atoms with van der Waals surface area (Å²) >= 11 is 0. The van der Waals surface area contributed by atoms with Crippen LogP contribution in [-0.4, -0.2) is 25.0 Å². The summed E-state index contributed by atoms with van der Waals surface area (Å²) in [7, 11) is 1.20. The minimum absolute atomic E-state index is 0.0657. The van der Waals surface area contributed by atoms with Crippen molar-refractivity contribution in [3.05, 3.63) is 59.7 Å². The molecule has 6 heteroatoms. The van der Waals surface area contributed by atoms with Gasteiger partial charge in [0.05, 0.1) is 12.7 Å². The highest BCUT2D eigenvalue weighted by atomic mass is 16.7. The smallest absolute Gasteiger partial charge is 0.437 e. The van der Waals surface area contributed by atoms with Gasteiger partial charge in [-0.3, -0.25) is 4.79 Å². The lowest BCUT2D eigenvalue weighted by molar-refractivity contribution is 0.0734. The fourth-order valence-electron chi connectivity index (χ4n) is 1.72. The van der Waals surface area contributed by atoms with Gasteiger partial charge in [0.25, 0.3) is 0 Å². The zero-order valence-electron chi connectivity index (χ0n) is 12.6. The summed E-state index contributed by atoms with van der Waals surface area (Å²) in [5.74, 6) is -0.0524. The van der Waals surface area contributed by atoms with E-state index in [1.807, 2.05) is 0 Å². The van der Waals surface area contributed by atoms with Gasteiger partial charge in [0.2, 0.25) is 0 Å². The van der Waals surface area contributed by atoms with Crippen LogP contribution in [0, 0.1) is 0 Å². The molecule has 118 valence electrons. The predicted octanol–water partition coefficient (Wildman–Crippen LogP) is 3.25. The summed E-state index contributed by atoms with van der Waals surface area (Å²) in [5.41, 5.74) is 0.826. The number of rotatable bonds is 4. The van der Waals surface area contributed by atoms with Crippen LogP contribution in [0.2, 0.25) is 0 Å². The van der Waals surface area contributed by atoms with E-state index in [1.165, 1.54) is 38.3 Å². The van der Waals surface area contributed by atoms with Crippen LogP contribution in [0.5, 0.6) is 11.5 Å². The first kappa shape index (κ1) is 16.2. The SMILES string of the molecule is COC(=O)Oc1ccc(C(=O)Oc2ccc(C(C)=O)cc2)cc1. The van der Waals surface area contributed by atoms with Crippen LogP contribution in [0.3, 0.4) is 0 Å². The van der Waals surface area contributed by atoms with E-state index < -0.39 is 12.1 Å². The van der Waals surface area contributed by atoms with Crippen LogP contribution in [0.1, 0.15) is 27.6 Å². The largest absolute Gasteiger partial charge is 0.513 e. The second-order valence-corrected chi connectivity index (χ2v) is 4.55. The van der Waals surface area contributed by atoms with E-state index in [4.69, 9.17) is 9.47 Å². The Morgan fingerprint density at radius 3 is 1.70 bits per heavy atom. The lowest BCUT2D eigenvalue weighted by Crippen LogP contribution is -2.10. The van der Waals surface area contributed by atoms with Crippen molar-refractivity contribution < 1.29 is 28.6 Å². The minimum Gasteiger partial charge on any atom is -0.437 e. The zero-order chi connectivity index (χ0) is 16.8. The molecule has 0 N–H and O–H groups in total. The molecule has 0 unspecified atom stereocenters. The van der Waals surface area contributed by atoms with Crippen LogP contribution in [0.4, 0.5) is 4.79 Å². The van der Waals surface area contributed by atoms with Crippen molar-refractivity contribution in [2.45, 2.75) is 6.92 Å². The van der Waals surface area contributed by atoms with Crippen molar-refractivity contribution in [2.24, 2.45) is 0 Å². The van der Waals surface area contributed by atoms with Gasteiger partial charge in [0.1, 0.15) is 11.5 Å². The molecular formula is C17H14O6. The second-order valence-electron chi connectivity index (χ2n) is 4.55. The van der Waals surface area contributed by atoms with Gasteiger partial charge in [0, 0.05) is 5.56 Å². The molecule has 0 aromatic heterocycles. The number of hydrogen-bond acceptors (Lipinski definition) is 6. The highest BCUT2D eigenvalue weighted by Crippen LogP contribution is 2.17. The van der Waals surface area contributed by atoms with Crippen molar-refractivity contribution >= 4 is 17.9 Å². The van der Waals surface area contributed by atoms with Crippen molar-refractivity contribution in [1.82, 2.24) is 0 Å². The Kier molecular flexibility index (Phi) is 5.09. The van der Waals surface area contributed by atoms with Crippen LogP contribution in [0.25, 0.3) is 0 Å². The van der Waals surface area contributed by atoms with E-state index in [-0.39, 0.29) is 17.1 Å². The van der Waals surface area contributed by atoms with Gasteiger partial charge in [0.15, 0.2) is 5.78 Å². The number of ketones is 1. The van der Waals surface area contributed by atoms with E-state index in [2.05, 4.69) is 4.74 Å². The average Bonchev–Trinajstić information content (AvgIpc) is 2.55. The number of methoxy groups -OCH3 is 1. The van der Waals surface area contributed by atoms with Gasteiger partial charge in [-0.1, -0.05) is 0 Å². The highest BCUT2D eigenvalue weighted by molar-refractivity contribution is 5.94. The molecule has 23 heavy (non-hydrogen) atoms. The van der Waals surface area contributed by atoms with Crippen molar-refractivity contribution in [2.75, 3.05) is 7.11 Å². The minimum atomic E-state index is -0.842. The van der Waals surface area contributed by atoms with E-state index in [9.17, 15) is 14.4 Å². The number of hydrogen-bond donors (Lipinski definition) is 0. The first-order valence-electron chi connectivity index (χ1n) is 6.68. The topological polar surface area (TPSA) is 78.9 Å². The van der Waals surface area contributed by atoms with Gasteiger partial charge < -0.3 is 14.2 Å². The molecule has 0 heterocycles. The molecule has 0 bridgehead atoms. The number of carbonyl (C=O) groups is 3. The molecule has 2 aromatic rings. The molecule has 0 fully saturated rings. The van der Waals surface area contributed by atoms with Crippen molar-refractivity contribution in [1.29, 1.82) is 0 Å². The molecule has 0 saturated heterocycles. The number of carbonyl (C=O) groups excluding carboxylic acids is 3. The van der Waals surface area contributed by atoms with Gasteiger partial charge in [-0.2, -0.15) is 0 Å². The van der Waals surface area contributed by atoms with Gasteiger partial charge in [-0.25, -0.2) is 9.59 Å². The summed E-state index contributed by atoms with van der Waals surface area (Å²) in [6.07, 6.45) is -0.842. The Labute approximate surface area is 132 Å². The summed E-state index contributed by atoms with van der Waals surface area (Å²) in [4.78, 5) is 34.1. The first-order valence-corrected chi connectivity index (χ1v) is 6.68. The third-order valence-corrected chi connectivity index (χ3v) is 2.93. The Morgan fingerprint density at radius 2 is 1.22 bits per heavy atom. The molecule has 0 amide bonds. The molecule has 0 aliphatic rings. The average molecular weight is 314 g/mol. The van der Waals surface area contributed by atoms with Gasteiger partial charge in [-0.15, -0.1) is 0 Å². The molecule has 0 spiro atoms. The molecule has 2 rings (SSSR count). The quantitative estimate of drug-likeness (QED) is 0.373. The van der Waals surface area contributed by atoms with Crippen LogP contribution in [0.15, 0.2) is 48.5 Å². The maximum atomic E-state index is 12.0. The third kappa shape index (κ3) is 4.41. The maximum absolute atomic E-state index is 12.0. The third-order valence-electron chi connectivity index (χ3n) is 2.93. The van der Waals surface area contributed by atoms with E-state index in [0.717, 1.165) is 0 Å². The van der Waals surface area contributed by atoms with Crippen LogP contribution < -0.4 is 9.47 Å². The molecular weight excluding hydrogens is 300 g/mol. The lowest BCUT2D eigenvalue weighted by Gasteiger charge is -2.06. The Hall–Kier alpha value is -3.15. The van der Waals surface area contributed by atoms with Gasteiger partial charge in [-0.05, 0) is 55.5 Å². The summed E-state index contributed by atoms with van der Waals surface area (Å²) in [6, 6.07) is 12.1. The Balaban J connectivity index is 2.02. The molecule has 0 atom stereocenters. The predicted molar refractivity (Wildman–Crippen MR) is 80.9 cm³/mol. The maximum Gasteiger partial charge on any atom is 0.513 e. The Bertz CT molecular complexity index is 716. The number of Topliss-reactive ketones (excluding diaryl/α,β-unsaturated/α-hetero) is 1. The monoisotopic (exact) mass is 314 g/mol. The standard InChI is InChI=1S/C17H14O6/c1-11(18)12-3-7-14(8-4-12)22-16(19)13-5-9-15(10-6-13)23-17(20)21-2/h3-10H,1-2H3. The molecule has 0 aliphatic heterocycles. The number of ether oxygens (including phenoxy) is 3. The van der Waals surface area contributed by atoms with Crippen LogP contribution in [-0.2, 0) is 4.74 Å². The molecule has 0 saturated carbocycles. The normalized spacial score (nSPS) is 9.83. The van der Waals surface area contributed by atoms with Crippen molar-refractivity contribution in [3.8, 4) is 11.5 Å². The van der Waals surface area contributed by atoms with Crippen LogP contribution >= 0.6 is 0 Å². The van der Waals surface area contributed by atoms with E-state index in [1.54, 1.807) is 24.3 Å². The molecule has 2 aromatic carbocycles. The van der Waals surface area contributed by atoms with E-state index >= 15 is 0 Å². The second kappa shape index (κ2) is 7.22. The Morgan fingerprint density at radius 1 is 0.739 bits per heavy atom. The summed E-state index contributed by atoms with van der Waals surface area (Å²) in [5, 5.41) is 0. The van der Waals surface area contributed by atoms with Crippen molar-refractivity contribution in [3.63, 3.8) is 0 Å². The molecule has 6 nitrogen and oxygen atoms in total. The molecule has 0 aliphatic carbocycles. The number of esters is 1. The van der Waals surface area contributed by atoms with E-state index in [0.29, 0.717) is 11.3 Å². The first-order chi connectivity index (χ1) is 11.0. The number of benzene rings is 2. The van der Waals surface area contributed by atoms with Gasteiger partial charge >= 0.3 is 12.1 Å².